The van der Waals surface area contributed by atoms with Gasteiger partial charge in [-0.2, -0.15) is 0 Å². The van der Waals surface area contributed by atoms with E-state index in [2.05, 4.69) is 5.32 Å². The Hall–Kier alpha value is -2.71. The largest absolute Gasteiger partial charge is 0.462 e. The highest BCUT2D eigenvalue weighted by atomic mass is 32.1. The van der Waals surface area contributed by atoms with Crippen molar-refractivity contribution in [2.75, 3.05) is 11.9 Å². The van der Waals surface area contributed by atoms with Crippen LogP contribution in [0.2, 0.25) is 0 Å². The topological polar surface area (TPSA) is 72.7 Å². The van der Waals surface area contributed by atoms with Crippen LogP contribution in [-0.2, 0) is 24.1 Å². The molecule has 30 heavy (non-hydrogen) atoms. The number of carbonyl (C=O) groups is 1. The van der Waals surface area contributed by atoms with Gasteiger partial charge in [0.25, 0.3) is 5.56 Å². The second-order valence-electron chi connectivity index (χ2n) is 7.31. The number of thiazole rings is 1. The molecule has 3 heterocycles. The number of esters is 1. The van der Waals surface area contributed by atoms with Crippen LogP contribution in [0, 0.1) is 0 Å². The molecule has 0 radical (unpaired) electrons. The van der Waals surface area contributed by atoms with E-state index >= 15 is 0 Å². The number of ether oxygens (including phenoxy) is 1. The van der Waals surface area contributed by atoms with Crippen LogP contribution in [0.15, 0.2) is 35.3 Å². The smallest absolute Gasteiger partial charge is 0.338 e. The molecule has 4 aromatic rings. The number of aryl methyl sites for hydroxylation is 2. The molecular formula is C22H21N3O3S2. The number of rotatable bonds is 5. The molecule has 0 bridgehead atoms. The molecule has 5 rings (SSSR count). The molecule has 0 saturated heterocycles. The zero-order valence-corrected chi connectivity index (χ0v) is 18.2. The Morgan fingerprint density at radius 2 is 2.00 bits per heavy atom. The Kier molecular flexibility index (Phi) is 5.04. The van der Waals surface area contributed by atoms with Crippen molar-refractivity contribution in [1.29, 1.82) is 0 Å². The number of nitrogens with one attached hydrogen (secondary N) is 1. The minimum atomic E-state index is -0.318. The number of thiophene rings is 1. The van der Waals surface area contributed by atoms with Gasteiger partial charge in [0, 0.05) is 21.6 Å². The zero-order valence-electron chi connectivity index (χ0n) is 16.6. The van der Waals surface area contributed by atoms with Crippen LogP contribution in [-0.4, -0.2) is 22.0 Å². The van der Waals surface area contributed by atoms with E-state index in [0.717, 1.165) is 45.0 Å². The van der Waals surface area contributed by atoms with Crippen LogP contribution < -0.4 is 10.9 Å². The number of anilines is 1. The van der Waals surface area contributed by atoms with Crippen molar-refractivity contribution in [1.82, 2.24) is 9.38 Å². The van der Waals surface area contributed by atoms with E-state index in [1.54, 1.807) is 34.8 Å². The number of benzene rings is 1. The number of nitrogens with zero attached hydrogens (tertiary/aromatic N) is 2. The quantitative estimate of drug-likeness (QED) is 0.459. The van der Waals surface area contributed by atoms with Gasteiger partial charge in [-0.1, -0.05) is 11.3 Å². The SMILES string of the molecule is CCOC(=O)c1ccc(NCc2cn3c(=O)c4c5c(sc4nc3s2)CCCC5)cc1. The first-order valence-corrected chi connectivity index (χ1v) is 11.7. The fourth-order valence-electron chi connectivity index (χ4n) is 3.88. The fraction of sp³-hybridized carbons (Fsp3) is 0.318. The first-order valence-electron chi connectivity index (χ1n) is 10.1. The molecule has 0 amide bonds. The summed E-state index contributed by atoms with van der Waals surface area (Å²) in [6.07, 6.45) is 6.29. The van der Waals surface area contributed by atoms with Gasteiger partial charge in [-0.3, -0.25) is 9.20 Å². The Bertz CT molecular complexity index is 1300. The molecule has 0 fully saturated rings. The van der Waals surface area contributed by atoms with Crippen molar-refractivity contribution in [2.24, 2.45) is 0 Å². The van der Waals surface area contributed by atoms with Gasteiger partial charge < -0.3 is 10.1 Å². The molecule has 0 unspecified atom stereocenters. The first-order chi connectivity index (χ1) is 14.6. The summed E-state index contributed by atoms with van der Waals surface area (Å²) in [7, 11) is 0. The van der Waals surface area contributed by atoms with Gasteiger partial charge >= 0.3 is 5.97 Å². The fourth-order valence-corrected chi connectivity index (χ4v) is 6.10. The van der Waals surface area contributed by atoms with Gasteiger partial charge in [0.15, 0.2) is 4.96 Å². The number of carbonyl (C=O) groups excluding carboxylic acids is 1. The van der Waals surface area contributed by atoms with Gasteiger partial charge in [0.1, 0.15) is 4.83 Å². The van der Waals surface area contributed by atoms with Crippen molar-refractivity contribution < 1.29 is 9.53 Å². The number of fused-ring (bicyclic) bond motifs is 4. The van der Waals surface area contributed by atoms with E-state index in [0.29, 0.717) is 18.7 Å². The summed E-state index contributed by atoms with van der Waals surface area (Å²) >= 11 is 3.21. The molecule has 1 aliphatic rings. The molecule has 0 spiro atoms. The van der Waals surface area contributed by atoms with E-state index in [1.807, 2.05) is 18.3 Å². The molecule has 1 aromatic carbocycles. The van der Waals surface area contributed by atoms with Crippen LogP contribution in [0.5, 0.6) is 0 Å². The molecule has 3 aromatic heterocycles. The molecule has 0 saturated carbocycles. The molecular weight excluding hydrogens is 418 g/mol. The van der Waals surface area contributed by atoms with E-state index < -0.39 is 0 Å². The molecule has 8 heteroatoms. The van der Waals surface area contributed by atoms with Crippen LogP contribution in [0.25, 0.3) is 15.2 Å². The number of hydrogen-bond acceptors (Lipinski definition) is 7. The molecule has 0 aliphatic heterocycles. The minimum absolute atomic E-state index is 0.0516. The summed E-state index contributed by atoms with van der Waals surface area (Å²) in [5.74, 6) is -0.318. The first kappa shape index (κ1) is 19.3. The van der Waals surface area contributed by atoms with E-state index in [4.69, 9.17) is 9.72 Å². The summed E-state index contributed by atoms with van der Waals surface area (Å²) in [5.41, 5.74) is 2.70. The van der Waals surface area contributed by atoms with E-state index in [9.17, 15) is 9.59 Å². The van der Waals surface area contributed by atoms with Crippen LogP contribution >= 0.6 is 22.7 Å². The standard InChI is InChI=1S/C22H21N3O3S2/c1-2-28-21(27)13-7-9-14(10-8-13)23-11-15-12-25-20(26)18-16-5-3-4-6-17(16)30-19(18)24-22(25)29-15/h7-10,12,23H,2-6,11H2,1H3. The molecule has 1 N–H and O–H groups in total. The van der Waals surface area contributed by atoms with Crippen molar-refractivity contribution >= 4 is 49.5 Å². The number of hydrogen-bond donors (Lipinski definition) is 1. The maximum Gasteiger partial charge on any atom is 0.338 e. The van der Waals surface area contributed by atoms with Gasteiger partial charge in [-0.15, -0.1) is 11.3 Å². The molecule has 1 aliphatic carbocycles. The predicted molar refractivity (Wildman–Crippen MR) is 121 cm³/mol. The van der Waals surface area contributed by atoms with Gasteiger partial charge in [0.2, 0.25) is 0 Å². The minimum Gasteiger partial charge on any atom is -0.462 e. The van der Waals surface area contributed by atoms with Crippen molar-refractivity contribution in [3.63, 3.8) is 0 Å². The third-order valence-electron chi connectivity index (χ3n) is 5.35. The van der Waals surface area contributed by atoms with Gasteiger partial charge in [0.05, 0.1) is 24.1 Å². The highest BCUT2D eigenvalue weighted by Gasteiger charge is 2.21. The highest BCUT2D eigenvalue weighted by molar-refractivity contribution is 7.19. The third kappa shape index (κ3) is 3.40. The Labute approximate surface area is 181 Å². The van der Waals surface area contributed by atoms with Crippen LogP contribution in [0.3, 0.4) is 0 Å². The van der Waals surface area contributed by atoms with Crippen molar-refractivity contribution in [3.8, 4) is 0 Å². The summed E-state index contributed by atoms with van der Waals surface area (Å²) in [5, 5.41) is 4.16. The normalized spacial score (nSPS) is 13.5. The highest BCUT2D eigenvalue weighted by Crippen LogP contribution is 2.34. The summed E-state index contributed by atoms with van der Waals surface area (Å²) in [4.78, 5) is 33.7. The van der Waals surface area contributed by atoms with Crippen molar-refractivity contribution in [2.45, 2.75) is 39.2 Å². The number of aromatic nitrogens is 2. The van der Waals surface area contributed by atoms with Crippen molar-refractivity contribution in [3.05, 3.63) is 61.7 Å². The van der Waals surface area contributed by atoms with Gasteiger partial charge in [-0.05, 0) is 62.4 Å². The maximum atomic E-state index is 13.1. The van der Waals surface area contributed by atoms with Gasteiger partial charge in [-0.25, -0.2) is 9.78 Å². The molecule has 6 nitrogen and oxygen atoms in total. The van der Waals surface area contributed by atoms with Crippen LogP contribution in [0.4, 0.5) is 5.69 Å². The average Bonchev–Trinajstić information content (AvgIpc) is 3.34. The monoisotopic (exact) mass is 439 g/mol. The molecule has 0 atom stereocenters. The predicted octanol–water partition coefficient (Wildman–Crippen LogP) is 4.64. The lowest BCUT2D eigenvalue weighted by molar-refractivity contribution is 0.0526. The van der Waals surface area contributed by atoms with E-state index in [-0.39, 0.29) is 11.5 Å². The lowest BCUT2D eigenvalue weighted by Crippen LogP contribution is -2.14. The zero-order chi connectivity index (χ0) is 20.7. The summed E-state index contributed by atoms with van der Waals surface area (Å²) < 4.78 is 6.70. The molecule has 154 valence electrons. The maximum absolute atomic E-state index is 13.1. The summed E-state index contributed by atoms with van der Waals surface area (Å²) in [6, 6.07) is 7.20. The second kappa shape index (κ2) is 7.85. The second-order valence-corrected chi connectivity index (χ2v) is 9.49. The van der Waals surface area contributed by atoms with Crippen LogP contribution in [0.1, 0.15) is 45.4 Å². The lowest BCUT2D eigenvalue weighted by Gasteiger charge is -2.09. The Balaban J connectivity index is 1.38. The average molecular weight is 440 g/mol. The Morgan fingerprint density at radius 3 is 2.80 bits per heavy atom. The van der Waals surface area contributed by atoms with E-state index in [1.165, 1.54) is 28.2 Å². The summed E-state index contributed by atoms with van der Waals surface area (Å²) in [6.45, 7) is 2.73. The Morgan fingerprint density at radius 1 is 1.20 bits per heavy atom. The lowest BCUT2D eigenvalue weighted by atomic mass is 9.97. The third-order valence-corrected chi connectivity index (χ3v) is 7.52.